The summed E-state index contributed by atoms with van der Waals surface area (Å²) < 4.78 is 0. The maximum atomic E-state index is 11.8. The zero-order valence-corrected chi connectivity index (χ0v) is 10.3. The molecule has 19 heavy (non-hydrogen) atoms. The van der Waals surface area contributed by atoms with Gasteiger partial charge in [-0.2, -0.15) is 0 Å². The molecule has 1 aliphatic carbocycles. The van der Waals surface area contributed by atoms with E-state index in [9.17, 15) is 9.90 Å². The van der Waals surface area contributed by atoms with E-state index in [0.29, 0.717) is 6.42 Å². The predicted molar refractivity (Wildman–Crippen MR) is 75.8 cm³/mol. The summed E-state index contributed by atoms with van der Waals surface area (Å²) in [5, 5.41) is 14.0. The number of aromatic hydroxyl groups is 1. The van der Waals surface area contributed by atoms with Gasteiger partial charge in [-0.05, 0) is 45.7 Å². The second-order valence-electron chi connectivity index (χ2n) is 5.08. The third kappa shape index (κ3) is 1.40. The van der Waals surface area contributed by atoms with Crippen LogP contribution in [0.25, 0.3) is 21.5 Å². The highest BCUT2D eigenvalue weighted by atomic mass is 16.3. The largest absolute Gasteiger partial charge is 0.508 e. The van der Waals surface area contributed by atoms with Crippen molar-refractivity contribution in [3.63, 3.8) is 0 Å². The molecule has 0 aliphatic heterocycles. The van der Waals surface area contributed by atoms with Crippen molar-refractivity contribution in [1.82, 2.24) is 0 Å². The minimum atomic E-state index is 0.253. The molecule has 0 radical (unpaired) electrons. The highest BCUT2D eigenvalue weighted by Gasteiger charge is 2.21. The average molecular weight is 248 g/mol. The molecule has 2 nitrogen and oxygen atoms in total. The number of phenolic OH excluding ortho intramolecular Hbond substituents is 1. The number of Topliss-reactive ketones (excluding diaryl/α,β-unsaturated/α-hetero) is 1. The number of aryl methyl sites for hydroxylation is 1. The molecule has 1 N–H and O–H groups in total. The van der Waals surface area contributed by atoms with Crippen LogP contribution in [0.4, 0.5) is 0 Å². The van der Waals surface area contributed by atoms with Crippen LogP contribution in [-0.4, -0.2) is 10.9 Å². The molecular weight excluding hydrogens is 236 g/mol. The summed E-state index contributed by atoms with van der Waals surface area (Å²) in [5.74, 6) is 0.533. The Bertz CT molecular complexity index is 847. The number of carbonyl (C=O) groups is 1. The second kappa shape index (κ2) is 3.58. The molecular formula is C17H12O2. The van der Waals surface area contributed by atoms with Crippen molar-refractivity contribution in [2.45, 2.75) is 12.8 Å². The number of hydrogen-bond donors (Lipinski definition) is 1. The Labute approximate surface area is 110 Å². The van der Waals surface area contributed by atoms with Gasteiger partial charge in [-0.1, -0.05) is 30.3 Å². The molecule has 2 heteroatoms. The first kappa shape index (κ1) is 10.6. The maximum absolute atomic E-state index is 11.8. The van der Waals surface area contributed by atoms with Crippen molar-refractivity contribution < 1.29 is 9.90 Å². The Morgan fingerprint density at radius 1 is 0.842 bits per heavy atom. The number of carbonyl (C=O) groups excluding carboxylic acids is 1. The van der Waals surface area contributed by atoms with Gasteiger partial charge in [0.1, 0.15) is 5.75 Å². The molecule has 0 fully saturated rings. The number of fused-ring (bicyclic) bond motifs is 5. The van der Waals surface area contributed by atoms with Crippen molar-refractivity contribution in [2.75, 3.05) is 0 Å². The van der Waals surface area contributed by atoms with Crippen LogP contribution in [0.3, 0.4) is 0 Å². The van der Waals surface area contributed by atoms with E-state index in [4.69, 9.17) is 0 Å². The molecule has 3 aromatic rings. The summed E-state index contributed by atoms with van der Waals surface area (Å²) in [6, 6.07) is 13.5. The number of phenols is 1. The van der Waals surface area contributed by atoms with Crippen molar-refractivity contribution in [1.29, 1.82) is 0 Å². The summed E-state index contributed by atoms with van der Waals surface area (Å²) in [6.45, 7) is 0. The van der Waals surface area contributed by atoms with Crippen molar-refractivity contribution in [3.8, 4) is 5.75 Å². The van der Waals surface area contributed by atoms with Gasteiger partial charge < -0.3 is 5.11 Å². The average Bonchev–Trinajstić information content (AvgIpc) is 2.80. The van der Waals surface area contributed by atoms with Crippen LogP contribution in [0.15, 0.2) is 42.5 Å². The highest BCUT2D eigenvalue weighted by molar-refractivity contribution is 6.13. The minimum absolute atomic E-state index is 0.253. The van der Waals surface area contributed by atoms with Crippen molar-refractivity contribution in [2.24, 2.45) is 0 Å². The molecule has 92 valence electrons. The first-order valence-corrected chi connectivity index (χ1v) is 6.44. The van der Waals surface area contributed by atoms with Gasteiger partial charge in [0.05, 0.1) is 0 Å². The fourth-order valence-electron chi connectivity index (χ4n) is 3.10. The Kier molecular flexibility index (Phi) is 1.99. The van der Waals surface area contributed by atoms with Crippen LogP contribution in [0.1, 0.15) is 22.3 Å². The first-order chi connectivity index (χ1) is 9.24. The van der Waals surface area contributed by atoms with Gasteiger partial charge >= 0.3 is 0 Å². The maximum Gasteiger partial charge on any atom is 0.163 e. The number of hydrogen-bond acceptors (Lipinski definition) is 2. The lowest BCUT2D eigenvalue weighted by molar-refractivity contribution is 0.0994. The second-order valence-corrected chi connectivity index (χ2v) is 5.08. The lowest BCUT2D eigenvalue weighted by Crippen LogP contribution is -1.91. The predicted octanol–water partition coefficient (Wildman–Crippen LogP) is 3.83. The van der Waals surface area contributed by atoms with E-state index in [0.717, 1.165) is 28.1 Å². The van der Waals surface area contributed by atoms with Gasteiger partial charge in [0.15, 0.2) is 5.78 Å². The number of ketones is 1. The van der Waals surface area contributed by atoms with Crippen LogP contribution in [0.5, 0.6) is 5.75 Å². The third-order valence-corrected chi connectivity index (χ3v) is 4.01. The van der Waals surface area contributed by atoms with Gasteiger partial charge in [-0.25, -0.2) is 0 Å². The molecule has 0 unspecified atom stereocenters. The third-order valence-electron chi connectivity index (χ3n) is 4.01. The van der Waals surface area contributed by atoms with E-state index in [2.05, 4.69) is 6.07 Å². The Morgan fingerprint density at radius 2 is 1.63 bits per heavy atom. The quantitative estimate of drug-likeness (QED) is 0.614. The molecule has 3 aromatic carbocycles. The molecule has 0 saturated carbocycles. The van der Waals surface area contributed by atoms with E-state index in [1.54, 1.807) is 12.1 Å². The Hall–Kier alpha value is -2.35. The van der Waals surface area contributed by atoms with E-state index >= 15 is 0 Å². The zero-order chi connectivity index (χ0) is 13.0. The first-order valence-electron chi connectivity index (χ1n) is 6.44. The summed E-state index contributed by atoms with van der Waals surface area (Å²) >= 11 is 0. The number of benzene rings is 3. The van der Waals surface area contributed by atoms with Crippen LogP contribution < -0.4 is 0 Å². The fraction of sp³-hybridized carbons (Fsp3) is 0.118. The Balaban J connectivity index is 2.16. The standard InChI is InChI=1S/C17H12O2/c18-11-2-4-12-10(9-11)1-3-14-13(12)5-6-16-15(14)7-8-17(16)19/h1-6,9,18H,7-8H2. The molecule has 0 amide bonds. The molecule has 0 saturated heterocycles. The van der Waals surface area contributed by atoms with Crippen molar-refractivity contribution in [3.05, 3.63) is 53.6 Å². The smallest absolute Gasteiger partial charge is 0.163 e. The van der Waals surface area contributed by atoms with Crippen molar-refractivity contribution >= 4 is 27.3 Å². The molecule has 4 rings (SSSR count). The molecule has 0 heterocycles. The lowest BCUT2D eigenvalue weighted by atomic mass is 9.96. The summed E-state index contributed by atoms with van der Waals surface area (Å²) in [6.07, 6.45) is 1.47. The van der Waals surface area contributed by atoms with Gasteiger partial charge in [0.25, 0.3) is 0 Å². The van der Waals surface area contributed by atoms with Gasteiger partial charge in [0, 0.05) is 12.0 Å². The van der Waals surface area contributed by atoms with Gasteiger partial charge in [-0.15, -0.1) is 0 Å². The van der Waals surface area contributed by atoms with Crippen LogP contribution >= 0.6 is 0 Å². The van der Waals surface area contributed by atoms with E-state index in [1.807, 2.05) is 24.3 Å². The van der Waals surface area contributed by atoms with Crippen LogP contribution in [0, 0.1) is 0 Å². The Morgan fingerprint density at radius 3 is 2.53 bits per heavy atom. The molecule has 1 aliphatic rings. The molecule has 0 aromatic heterocycles. The summed E-state index contributed by atoms with van der Waals surface area (Å²) in [5.41, 5.74) is 2.06. The molecule has 0 bridgehead atoms. The lowest BCUT2D eigenvalue weighted by Gasteiger charge is -2.08. The van der Waals surface area contributed by atoms with Crippen LogP contribution in [0.2, 0.25) is 0 Å². The fourth-order valence-corrected chi connectivity index (χ4v) is 3.10. The molecule has 0 atom stereocenters. The van der Waals surface area contributed by atoms with E-state index < -0.39 is 0 Å². The SMILES string of the molecule is O=C1CCc2c1ccc1c2ccc2cc(O)ccc21. The van der Waals surface area contributed by atoms with E-state index in [1.165, 1.54) is 10.9 Å². The highest BCUT2D eigenvalue weighted by Crippen LogP contribution is 2.34. The van der Waals surface area contributed by atoms with Crippen LogP contribution in [-0.2, 0) is 6.42 Å². The summed E-state index contributed by atoms with van der Waals surface area (Å²) in [4.78, 5) is 11.8. The topological polar surface area (TPSA) is 37.3 Å². The normalized spacial score (nSPS) is 14.2. The summed E-state index contributed by atoms with van der Waals surface area (Å²) in [7, 11) is 0. The van der Waals surface area contributed by atoms with E-state index in [-0.39, 0.29) is 11.5 Å². The minimum Gasteiger partial charge on any atom is -0.508 e. The zero-order valence-electron chi connectivity index (χ0n) is 10.3. The number of rotatable bonds is 0. The van der Waals surface area contributed by atoms with Gasteiger partial charge in [-0.3, -0.25) is 4.79 Å². The molecule has 0 spiro atoms. The monoisotopic (exact) mass is 248 g/mol. The van der Waals surface area contributed by atoms with Gasteiger partial charge in [0.2, 0.25) is 0 Å².